The Bertz CT molecular complexity index is 498. The highest BCUT2D eigenvalue weighted by Gasteiger charge is 2.28. The van der Waals surface area contributed by atoms with Gasteiger partial charge in [0.15, 0.2) is 0 Å². The van der Waals surface area contributed by atoms with Crippen molar-refractivity contribution in [2.75, 3.05) is 13.2 Å². The van der Waals surface area contributed by atoms with E-state index in [1.807, 2.05) is 0 Å². The van der Waals surface area contributed by atoms with E-state index in [4.69, 9.17) is 4.74 Å². The van der Waals surface area contributed by atoms with Crippen LogP contribution in [0.4, 0.5) is 0 Å². The van der Waals surface area contributed by atoms with Crippen LogP contribution in [-0.2, 0) is 4.74 Å². The molecule has 0 aromatic heterocycles. The second kappa shape index (κ2) is 31.8. The molecule has 5 nitrogen and oxygen atoms in total. The van der Waals surface area contributed by atoms with Crippen LogP contribution in [0.1, 0.15) is 195 Å². The van der Waals surface area contributed by atoms with Crippen molar-refractivity contribution >= 4 is 0 Å². The van der Waals surface area contributed by atoms with Crippen LogP contribution in [0, 0.1) is 11.8 Å². The Balaban J connectivity index is 4.76. The third-order valence-corrected chi connectivity index (χ3v) is 9.51. The van der Waals surface area contributed by atoms with E-state index in [0.717, 1.165) is 25.7 Å². The van der Waals surface area contributed by atoms with E-state index >= 15 is 0 Å². The van der Waals surface area contributed by atoms with Crippen molar-refractivity contribution in [3.8, 4) is 0 Å². The molecule has 0 heterocycles. The zero-order valence-electron chi connectivity index (χ0n) is 29.5. The van der Waals surface area contributed by atoms with Crippen molar-refractivity contribution in [2.24, 2.45) is 11.8 Å². The summed E-state index contributed by atoms with van der Waals surface area (Å²) in [6.07, 6.45) is 30.6. The van der Waals surface area contributed by atoms with Gasteiger partial charge >= 0.3 is 0 Å². The summed E-state index contributed by atoms with van der Waals surface area (Å²) in [4.78, 5) is 0. The summed E-state index contributed by atoms with van der Waals surface area (Å²) in [6, 6.07) is 0. The minimum Gasteiger partial charge on any atom is -0.394 e. The lowest BCUT2D eigenvalue weighted by molar-refractivity contribution is -0.0874. The summed E-state index contributed by atoms with van der Waals surface area (Å²) in [5.74, 6) is 0.306. The van der Waals surface area contributed by atoms with Crippen molar-refractivity contribution in [2.45, 2.75) is 219 Å². The lowest BCUT2D eigenvalue weighted by Gasteiger charge is -2.34. The summed E-state index contributed by atoms with van der Waals surface area (Å²) < 4.78 is 6.86. The van der Waals surface area contributed by atoms with Crippen LogP contribution in [0.2, 0.25) is 0 Å². The van der Waals surface area contributed by atoms with Gasteiger partial charge in [-0.15, -0.1) is 0 Å². The number of hydrogen-bond acceptors (Lipinski definition) is 5. The highest BCUT2D eigenvalue weighted by Crippen LogP contribution is 2.28. The predicted octanol–water partition coefficient (Wildman–Crippen LogP) is 9.90. The van der Waals surface area contributed by atoms with E-state index in [-0.39, 0.29) is 37.3 Å². The number of ether oxygens (including phenoxy) is 1. The molecular weight excluding hydrogens is 536 g/mol. The Labute approximate surface area is 269 Å². The molecule has 0 saturated heterocycles. The van der Waals surface area contributed by atoms with Crippen molar-refractivity contribution in [1.82, 2.24) is 0 Å². The molecule has 0 rings (SSSR count). The van der Waals surface area contributed by atoms with Crippen LogP contribution in [-0.4, -0.2) is 58.1 Å². The van der Waals surface area contributed by atoms with Gasteiger partial charge in [0, 0.05) is 0 Å². The normalized spacial score (nSPS) is 16.2. The summed E-state index contributed by atoms with van der Waals surface area (Å²) in [5, 5.41) is 39.3. The van der Waals surface area contributed by atoms with E-state index in [9.17, 15) is 20.4 Å². The van der Waals surface area contributed by atoms with Crippen LogP contribution in [0.3, 0.4) is 0 Å². The molecule has 43 heavy (non-hydrogen) atoms. The van der Waals surface area contributed by atoms with Gasteiger partial charge in [-0.2, -0.15) is 0 Å². The summed E-state index contributed by atoms with van der Waals surface area (Å²) in [7, 11) is 0. The number of aliphatic hydroxyl groups is 4. The molecule has 0 amide bonds. The Hall–Kier alpha value is -0.200. The zero-order valence-corrected chi connectivity index (χ0v) is 29.5. The van der Waals surface area contributed by atoms with E-state index < -0.39 is 12.2 Å². The standard InChI is InChI=1S/C38H78O5/c1-5-7-9-11-13-15-17-19-21-23-25-27-37(33(3)29-35(41)31-39)43-38(34(4)30-36(42)32-40)28-26-24-22-20-18-16-14-12-10-8-6-2/h33-42H,5-32H2,1-4H3. The zero-order chi connectivity index (χ0) is 32.0. The van der Waals surface area contributed by atoms with Gasteiger partial charge in [0.1, 0.15) is 0 Å². The Morgan fingerprint density at radius 3 is 0.930 bits per heavy atom. The first kappa shape index (κ1) is 42.8. The highest BCUT2D eigenvalue weighted by atomic mass is 16.5. The van der Waals surface area contributed by atoms with Crippen LogP contribution in [0.5, 0.6) is 0 Å². The minimum atomic E-state index is -0.711. The smallest absolute Gasteiger partial charge is 0.0774 e. The number of unbranched alkanes of at least 4 members (excludes halogenated alkanes) is 20. The molecule has 0 saturated carbocycles. The monoisotopic (exact) mass is 615 g/mol. The Morgan fingerprint density at radius 2 is 0.674 bits per heavy atom. The molecular formula is C38H78O5. The summed E-state index contributed by atoms with van der Waals surface area (Å²) in [5.41, 5.74) is 0. The lowest BCUT2D eigenvalue weighted by Crippen LogP contribution is -2.35. The third-order valence-electron chi connectivity index (χ3n) is 9.51. The van der Waals surface area contributed by atoms with E-state index in [2.05, 4.69) is 27.7 Å². The topological polar surface area (TPSA) is 90.2 Å². The molecule has 0 aliphatic carbocycles. The van der Waals surface area contributed by atoms with Gasteiger partial charge in [0.05, 0.1) is 37.6 Å². The molecule has 0 aromatic rings. The predicted molar refractivity (Wildman–Crippen MR) is 185 cm³/mol. The highest BCUT2D eigenvalue weighted by molar-refractivity contribution is 4.77. The van der Waals surface area contributed by atoms with E-state index in [0.29, 0.717) is 12.8 Å². The molecule has 0 radical (unpaired) electrons. The SMILES string of the molecule is CCCCCCCCCCCCCC(OC(CCCCCCCCCCCCC)C(C)CC(O)CO)C(C)CC(O)CO. The van der Waals surface area contributed by atoms with E-state index in [1.54, 1.807) is 0 Å². The maximum absolute atomic E-state index is 10.2. The van der Waals surface area contributed by atoms with Crippen LogP contribution in [0.15, 0.2) is 0 Å². The minimum absolute atomic E-state index is 0.0335. The molecule has 5 heteroatoms. The van der Waals surface area contributed by atoms with Gasteiger partial charge in [-0.25, -0.2) is 0 Å². The average Bonchev–Trinajstić information content (AvgIpc) is 3.00. The van der Waals surface area contributed by atoms with Crippen molar-refractivity contribution in [3.63, 3.8) is 0 Å². The van der Waals surface area contributed by atoms with Crippen molar-refractivity contribution in [1.29, 1.82) is 0 Å². The molecule has 6 atom stereocenters. The average molecular weight is 615 g/mol. The van der Waals surface area contributed by atoms with Gasteiger partial charge < -0.3 is 25.2 Å². The second-order valence-electron chi connectivity index (χ2n) is 14.0. The second-order valence-corrected chi connectivity index (χ2v) is 14.0. The molecule has 0 aliphatic rings. The summed E-state index contributed by atoms with van der Waals surface area (Å²) in [6.45, 7) is 8.41. The van der Waals surface area contributed by atoms with Gasteiger partial charge in [-0.1, -0.05) is 169 Å². The van der Waals surface area contributed by atoms with Crippen molar-refractivity contribution in [3.05, 3.63) is 0 Å². The maximum atomic E-state index is 10.2. The molecule has 4 N–H and O–H groups in total. The number of hydrogen-bond donors (Lipinski definition) is 4. The largest absolute Gasteiger partial charge is 0.394 e. The fourth-order valence-corrected chi connectivity index (χ4v) is 6.53. The van der Waals surface area contributed by atoms with Gasteiger partial charge in [0.25, 0.3) is 0 Å². The lowest BCUT2D eigenvalue weighted by atomic mass is 9.90. The van der Waals surface area contributed by atoms with Gasteiger partial charge in [-0.3, -0.25) is 0 Å². The van der Waals surface area contributed by atoms with Gasteiger partial charge in [-0.05, 0) is 37.5 Å². The Morgan fingerprint density at radius 1 is 0.419 bits per heavy atom. The van der Waals surface area contributed by atoms with Crippen LogP contribution >= 0.6 is 0 Å². The van der Waals surface area contributed by atoms with Crippen LogP contribution < -0.4 is 0 Å². The molecule has 0 spiro atoms. The molecule has 260 valence electrons. The molecule has 0 aromatic carbocycles. The molecule has 0 bridgehead atoms. The van der Waals surface area contributed by atoms with Crippen LogP contribution in [0.25, 0.3) is 0 Å². The number of rotatable bonds is 34. The van der Waals surface area contributed by atoms with Gasteiger partial charge in [0.2, 0.25) is 0 Å². The first-order chi connectivity index (χ1) is 20.9. The third kappa shape index (κ3) is 26.7. The summed E-state index contributed by atoms with van der Waals surface area (Å²) >= 11 is 0. The maximum Gasteiger partial charge on any atom is 0.0774 e. The fourth-order valence-electron chi connectivity index (χ4n) is 6.53. The number of aliphatic hydroxyl groups excluding tert-OH is 4. The molecule has 6 unspecified atom stereocenters. The first-order valence-corrected chi connectivity index (χ1v) is 19.1. The molecule has 0 aliphatic heterocycles. The van der Waals surface area contributed by atoms with E-state index in [1.165, 1.54) is 128 Å². The van der Waals surface area contributed by atoms with Crippen molar-refractivity contribution < 1.29 is 25.2 Å². The quantitative estimate of drug-likeness (QED) is 0.0542. The molecule has 0 fully saturated rings. The fraction of sp³-hybridized carbons (Fsp3) is 1.00. The Kier molecular flexibility index (Phi) is 31.6. The first-order valence-electron chi connectivity index (χ1n) is 19.1.